The third-order valence-electron chi connectivity index (χ3n) is 3.63. The van der Waals surface area contributed by atoms with E-state index in [0.29, 0.717) is 18.5 Å². The van der Waals surface area contributed by atoms with Crippen LogP contribution in [0.15, 0.2) is 35.3 Å². The normalized spacial score (nSPS) is 12.3. The van der Waals surface area contributed by atoms with Gasteiger partial charge in [0, 0.05) is 11.6 Å². The lowest BCUT2D eigenvalue weighted by molar-refractivity contribution is -0.124. The van der Waals surface area contributed by atoms with Crippen molar-refractivity contribution in [3.63, 3.8) is 0 Å². The molecule has 3 rings (SSSR count). The molecule has 0 aliphatic heterocycles. The number of alkyl halides is 3. The Morgan fingerprint density at radius 3 is 2.70 bits per heavy atom. The fraction of sp³-hybridized carbons (Fsp3) is 0.333. The van der Waals surface area contributed by atoms with E-state index < -0.39 is 12.7 Å². The standard InChI is InChI=1S/C15H15F3N4O/c16-15(17,18)9-19-7-3-4-10-8-22-13(20-21-14(22)23)12-6-2-1-5-11(10)12/h1-2,5-6,8,19H,3-4,7,9H2,(H,21,23). The van der Waals surface area contributed by atoms with Crippen LogP contribution in [-0.2, 0) is 6.42 Å². The van der Waals surface area contributed by atoms with Crippen molar-refractivity contribution in [1.82, 2.24) is 19.9 Å². The molecule has 2 heterocycles. The molecule has 0 saturated heterocycles. The van der Waals surface area contributed by atoms with Gasteiger partial charge in [0.2, 0.25) is 0 Å². The van der Waals surface area contributed by atoms with Gasteiger partial charge in [-0.2, -0.15) is 18.3 Å². The van der Waals surface area contributed by atoms with Crippen LogP contribution in [0.5, 0.6) is 0 Å². The van der Waals surface area contributed by atoms with Gasteiger partial charge in [0.1, 0.15) is 0 Å². The van der Waals surface area contributed by atoms with E-state index in [4.69, 9.17) is 0 Å². The highest BCUT2D eigenvalue weighted by atomic mass is 19.4. The van der Waals surface area contributed by atoms with E-state index in [1.807, 2.05) is 24.3 Å². The van der Waals surface area contributed by atoms with Crippen LogP contribution in [0.4, 0.5) is 13.2 Å². The molecule has 2 aromatic heterocycles. The predicted molar refractivity (Wildman–Crippen MR) is 80.6 cm³/mol. The van der Waals surface area contributed by atoms with Gasteiger partial charge in [-0.05, 0) is 30.3 Å². The third-order valence-corrected chi connectivity index (χ3v) is 3.63. The molecule has 0 fully saturated rings. The van der Waals surface area contributed by atoms with Crippen LogP contribution < -0.4 is 11.0 Å². The number of pyridine rings is 1. The van der Waals surface area contributed by atoms with Gasteiger partial charge in [-0.3, -0.25) is 0 Å². The number of H-pyrrole nitrogens is 1. The monoisotopic (exact) mass is 324 g/mol. The lowest BCUT2D eigenvalue weighted by Gasteiger charge is -2.10. The molecule has 0 bridgehead atoms. The fourth-order valence-corrected chi connectivity index (χ4v) is 2.63. The number of rotatable bonds is 5. The van der Waals surface area contributed by atoms with Crippen molar-refractivity contribution in [2.45, 2.75) is 19.0 Å². The quantitative estimate of drug-likeness (QED) is 0.708. The van der Waals surface area contributed by atoms with Crippen LogP contribution in [-0.4, -0.2) is 33.9 Å². The molecule has 3 aromatic rings. The van der Waals surface area contributed by atoms with Gasteiger partial charge in [-0.25, -0.2) is 14.3 Å². The van der Waals surface area contributed by atoms with Gasteiger partial charge < -0.3 is 5.32 Å². The lowest BCUT2D eigenvalue weighted by atomic mass is 10.0. The molecule has 0 spiro atoms. The number of aromatic amines is 1. The molecule has 122 valence electrons. The molecule has 2 N–H and O–H groups in total. The van der Waals surface area contributed by atoms with E-state index in [9.17, 15) is 18.0 Å². The highest BCUT2D eigenvalue weighted by Crippen LogP contribution is 2.22. The maximum atomic E-state index is 12.1. The first-order valence-corrected chi connectivity index (χ1v) is 7.20. The zero-order valence-corrected chi connectivity index (χ0v) is 12.2. The molecular weight excluding hydrogens is 309 g/mol. The minimum Gasteiger partial charge on any atom is -0.309 e. The number of nitrogens with one attached hydrogen (secondary N) is 2. The second kappa shape index (κ2) is 6.04. The summed E-state index contributed by atoms with van der Waals surface area (Å²) >= 11 is 0. The first-order chi connectivity index (χ1) is 11.0. The molecule has 8 heteroatoms. The number of halogens is 3. The molecule has 0 radical (unpaired) electrons. The highest BCUT2D eigenvalue weighted by molar-refractivity contribution is 5.95. The Hall–Kier alpha value is -2.35. The van der Waals surface area contributed by atoms with E-state index >= 15 is 0 Å². The second-order valence-corrected chi connectivity index (χ2v) is 5.32. The summed E-state index contributed by atoms with van der Waals surface area (Å²) in [5, 5.41) is 10.6. The molecule has 0 unspecified atom stereocenters. The Labute approximate surface area is 129 Å². The maximum absolute atomic E-state index is 12.1. The average Bonchev–Trinajstić information content (AvgIpc) is 2.87. The Balaban J connectivity index is 1.82. The summed E-state index contributed by atoms with van der Waals surface area (Å²) in [4.78, 5) is 11.8. The van der Waals surface area contributed by atoms with Crippen molar-refractivity contribution in [3.8, 4) is 0 Å². The Bertz CT molecular complexity index is 882. The first-order valence-electron chi connectivity index (χ1n) is 7.20. The van der Waals surface area contributed by atoms with E-state index in [1.54, 1.807) is 6.20 Å². The molecule has 23 heavy (non-hydrogen) atoms. The van der Waals surface area contributed by atoms with Crippen LogP contribution in [0.3, 0.4) is 0 Å². The SMILES string of the molecule is O=c1[nH]nc2c3ccccc3c(CCCNCC(F)(F)F)cn12. The summed E-state index contributed by atoms with van der Waals surface area (Å²) < 4.78 is 37.7. The van der Waals surface area contributed by atoms with Crippen molar-refractivity contribution >= 4 is 16.4 Å². The van der Waals surface area contributed by atoms with Gasteiger partial charge in [-0.1, -0.05) is 24.3 Å². The molecule has 0 atom stereocenters. The molecule has 0 amide bonds. The summed E-state index contributed by atoms with van der Waals surface area (Å²) in [6, 6.07) is 7.54. The van der Waals surface area contributed by atoms with Crippen molar-refractivity contribution in [2.75, 3.05) is 13.1 Å². The zero-order valence-electron chi connectivity index (χ0n) is 12.2. The van der Waals surface area contributed by atoms with Crippen LogP contribution >= 0.6 is 0 Å². The maximum Gasteiger partial charge on any atom is 0.401 e. The van der Waals surface area contributed by atoms with Crippen molar-refractivity contribution in [2.24, 2.45) is 0 Å². The van der Waals surface area contributed by atoms with E-state index in [0.717, 1.165) is 16.3 Å². The Kier molecular flexibility index (Phi) is 4.08. The topological polar surface area (TPSA) is 62.2 Å². The average molecular weight is 324 g/mol. The van der Waals surface area contributed by atoms with Crippen molar-refractivity contribution < 1.29 is 13.2 Å². The first kappa shape index (κ1) is 15.5. The van der Waals surface area contributed by atoms with Crippen molar-refractivity contribution in [1.29, 1.82) is 0 Å². The van der Waals surface area contributed by atoms with Gasteiger partial charge >= 0.3 is 11.9 Å². The van der Waals surface area contributed by atoms with Gasteiger partial charge in [0.25, 0.3) is 0 Å². The van der Waals surface area contributed by atoms with Crippen LogP contribution in [0.1, 0.15) is 12.0 Å². The Morgan fingerprint density at radius 1 is 1.22 bits per heavy atom. The van der Waals surface area contributed by atoms with E-state index in [-0.39, 0.29) is 12.2 Å². The number of fused-ring (bicyclic) bond motifs is 3. The molecule has 0 aliphatic rings. The summed E-state index contributed by atoms with van der Waals surface area (Å²) in [7, 11) is 0. The second-order valence-electron chi connectivity index (χ2n) is 5.32. The largest absolute Gasteiger partial charge is 0.401 e. The molecule has 1 aromatic carbocycles. The minimum absolute atomic E-state index is 0.256. The number of hydrogen-bond acceptors (Lipinski definition) is 3. The van der Waals surface area contributed by atoms with Crippen LogP contribution in [0.25, 0.3) is 16.4 Å². The predicted octanol–water partition coefficient (Wildman–Crippen LogP) is 2.26. The molecule has 0 saturated carbocycles. The minimum atomic E-state index is -4.20. The summed E-state index contributed by atoms with van der Waals surface area (Å²) in [5.74, 6) is 0. The fourth-order valence-electron chi connectivity index (χ4n) is 2.63. The number of nitrogens with zero attached hydrogens (tertiary/aromatic N) is 2. The van der Waals surface area contributed by atoms with Crippen molar-refractivity contribution in [3.05, 3.63) is 46.5 Å². The third kappa shape index (κ3) is 3.37. The molecular formula is C15H15F3N4O. The number of benzene rings is 1. The number of aryl methyl sites for hydroxylation is 1. The smallest absolute Gasteiger partial charge is 0.309 e. The van der Waals surface area contributed by atoms with E-state index in [2.05, 4.69) is 15.5 Å². The molecule has 0 aliphatic carbocycles. The van der Waals surface area contributed by atoms with Gasteiger partial charge in [0.05, 0.1) is 6.54 Å². The molecule has 5 nitrogen and oxygen atoms in total. The number of hydrogen-bond donors (Lipinski definition) is 2. The number of aromatic nitrogens is 3. The van der Waals surface area contributed by atoms with Crippen LogP contribution in [0.2, 0.25) is 0 Å². The van der Waals surface area contributed by atoms with Gasteiger partial charge in [0.15, 0.2) is 5.65 Å². The highest BCUT2D eigenvalue weighted by Gasteiger charge is 2.25. The lowest BCUT2D eigenvalue weighted by Crippen LogP contribution is -2.29. The van der Waals surface area contributed by atoms with Gasteiger partial charge in [-0.15, -0.1) is 0 Å². The zero-order chi connectivity index (χ0) is 16.4. The van der Waals surface area contributed by atoms with E-state index in [1.165, 1.54) is 4.40 Å². The summed E-state index contributed by atoms with van der Waals surface area (Å²) in [6.45, 7) is -0.736. The van der Waals surface area contributed by atoms with Crippen LogP contribution in [0, 0.1) is 0 Å². The summed E-state index contributed by atoms with van der Waals surface area (Å²) in [5.41, 5.74) is 1.12. The Morgan fingerprint density at radius 2 is 1.96 bits per heavy atom. The summed E-state index contributed by atoms with van der Waals surface area (Å²) in [6.07, 6.45) is -1.39.